The Kier molecular flexibility index (Phi) is 9.75. The van der Waals surface area contributed by atoms with Gasteiger partial charge >= 0.3 is 0 Å². The monoisotopic (exact) mass is 556 g/mol. The molecule has 0 fully saturated rings. The van der Waals surface area contributed by atoms with Crippen molar-refractivity contribution in [3.8, 4) is 5.75 Å². The van der Waals surface area contributed by atoms with Crippen LogP contribution in [-0.2, 0) is 22.6 Å². The molecule has 0 radical (unpaired) electrons. The largest absolute Gasteiger partial charge is 0.484 e. The van der Waals surface area contributed by atoms with Crippen molar-refractivity contribution in [2.75, 3.05) is 13.2 Å². The molecule has 0 bridgehead atoms. The van der Waals surface area contributed by atoms with Crippen LogP contribution < -0.4 is 10.1 Å². The summed E-state index contributed by atoms with van der Waals surface area (Å²) < 4.78 is 6.78. The number of carbonyl (C=O) groups is 2. The van der Waals surface area contributed by atoms with E-state index in [-0.39, 0.29) is 25.0 Å². The normalized spacial score (nSPS) is 11.6. The molecular weight excluding hydrogens is 528 g/mol. The molecule has 3 aromatic carbocycles. The van der Waals surface area contributed by atoms with E-state index in [9.17, 15) is 9.59 Å². The van der Waals surface area contributed by atoms with Crippen molar-refractivity contribution in [3.05, 3.63) is 98.5 Å². The summed E-state index contributed by atoms with van der Waals surface area (Å²) in [7, 11) is 0. The second-order valence-corrected chi connectivity index (χ2v) is 9.71. The zero-order valence-corrected chi connectivity index (χ0v) is 22.5. The second kappa shape index (κ2) is 12.8. The van der Waals surface area contributed by atoms with Gasteiger partial charge in [0.1, 0.15) is 11.8 Å². The number of rotatable bonds is 10. The predicted molar refractivity (Wildman–Crippen MR) is 144 cm³/mol. The van der Waals surface area contributed by atoms with Gasteiger partial charge in [-0.25, -0.2) is 0 Å². The summed E-state index contributed by atoms with van der Waals surface area (Å²) in [6.45, 7) is 6.21. The highest BCUT2D eigenvalue weighted by Crippen LogP contribution is 2.26. The fourth-order valence-corrected chi connectivity index (χ4v) is 4.45. The third-order valence-corrected chi connectivity index (χ3v) is 6.73. The Labute approximate surface area is 220 Å². The number of nitrogens with one attached hydrogen (secondary N) is 1. The maximum Gasteiger partial charge on any atom is 0.261 e. The lowest BCUT2D eigenvalue weighted by atomic mass is 10.0. The van der Waals surface area contributed by atoms with Gasteiger partial charge in [-0.2, -0.15) is 0 Å². The number of ether oxygens (including phenoxy) is 1. The molecule has 184 valence electrons. The zero-order valence-electron chi connectivity index (χ0n) is 20.2. The van der Waals surface area contributed by atoms with E-state index in [1.54, 1.807) is 4.90 Å². The fraction of sp³-hybridized carbons (Fsp3) is 0.286. The van der Waals surface area contributed by atoms with E-state index in [4.69, 9.17) is 16.3 Å². The minimum Gasteiger partial charge on any atom is -0.484 e. The van der Waals surface area contributed by atoms with Crippen molar-refractivity contribution in [2.24, 2.45) is 0 Å². The number of nitrogens with zero attached hydrogens (tertiary/aromatic N) is 1. The van der Waals surface area contributed by atoms with Gasteiger partial charge in [-0.3, -0.25) is 9.59 Å². The van der Waals surface area contributed by atoms with Crippen molar-refractivity contribution in [3.63, 3.8) is 0 Å². The molecule has 0 aliphatic rings. The van der Waals surface area contributed by atoms with Gasteiger partial charge in [-0.05, 0) is 67.3 Å². The molecule has 0 saturated heterocycles. The molecule has 2 amide bonds. The van der Waals surface area contributed by atoms with Crippen LogP contribution in [0.25, 0.3) is 0 Å². The number of carbonyl (C=O) groups excluding carboxylic acids is 2. The molecule has 35 heavy (non-hydrogen) atoms. The fourth-order valence-electron chi connectivity index (χ4n) is 3.90. The molecule has 3 aromatic rings. The Morgan fingerprint density at radius 1 is 1.00 bits per heavy atom. The van der Waals surface area contributed by atoms with E-state index in [0.717, 1.165) is 26.7 Å². The van der Waals surface area contributed by atoms with Crippen LogP contribution >= 0.6 is 27.5 Å². The maximum absolute atomic E-state index is 13.6. The van der Waals surface area contributed by atoms with Crippen LogP contribution in [-0.4, -0.2) is 35.9 Å². The molecule has 0 saturated carbocycles. The van der Waals surface area contributed by atoms with Crippen LogP contribution in [0.5, 0.6) is 5.75 Å². The Morgan fingerprint density at radius 2 is 1.66 bits per heavy atom. The summed E-state index contributed by atoms with van der Waals surface area (Å²) in [4.78, 5) is 28.4. The van der Waals surface area contributed by atoms with E-state index in [1.807, 2.05) is 87.5 Å². The van der Waals surface area contributed by atoms with Crippen LogP contribution in [0, 0.1) is 13.8 Å². The molecule has 0 aromatic heterocycles. The zero-order chi connectivity index (χ0) is 25.4. The van der Waals surface area contributed by atoms with E-state index in [2.05, 4.69) is 21.2 Å². The lowest BCUT2D eigenvalue weighted by Crippen LogP contribution is -2.51. The average Bonchev–Trinajstić information content (AvgIpc) is 2.84. The Bertz CT molecular complexity index is 1150. The Morgan fingerprint density at radius 3 is 2.29 bits per heavy atom. The first-order valence-corrected chi connectivity index (χ1v) is 12.7. The summed E-state index contributed by atoms with van der Waals surface area (Å²) in [6, 6.07) is 20.4. The molecule has 3 rings (SSSR count). The molecular formula is C28H30BrClN2O3. The quantitative estimate of drug-likeness (QED) is 0.339. The molecule has 1 unspecified atom stereocenters. The predicted octanol–water partition coefficient (Wildman–Crippen LogP) is 5.87. The SMILES string of the molecule is CCNC(=O)C(Cc1ccccc1)N(Cc1cccc(Br)c1)C(=O)COc1cc(C)c(Cl)c(C)c1. The van der Waals surface area contributed by atoms with Crippen molar-refractivity contribution < 1.29 is 14.3 Å². The standard InChI is InChI=1S/C28H30BrClN2O3/c1-4-31-28(34)25(16-21-9-6-5-7-10-21)32(17-22-11-8-12-23(29)15-22)26(33)18-35-24-13-19(2)27(30)20(3)14-24/h5-15,25H,4,16-18H2,1-3H3,(H,31,34). The van der Waals surface area contributed by atoms with Gasteiger partial charge < -0.3 is 15.0 Å². The van der Waals surface area contributed by atoms with Crippen LogP contribution in [0.1, 0.15) is 29.2 Å². The van der Waals surface area contributed by atoms with Gasteiger partial charge in [0.25, 0.3) is 5.91 Å². The highest BCUT2D eigenvalue weighted by molar-refractivity contribution is 9.10. The molecule has 0 aliphatic carbocycles. The summed E-state index contributed by atoms with van der Waals surface area (Å²) in [5.74, 6) is 0.0954. The Balaban J connectivity index is 1.90. The van der Waals surface area contributed by atoms with Gasteiger partial charge in [-0.1, -0.05) is 70.0 Å². The van der Waals surface area contributed by atoms with Gasteiger partial charge in [0.05, 0.1) is 0 Å². The minimum atomic E-state index is -0.693. The lowest BCUT2D eigenvalue weighted by Gasteiger charge is -2.31. The van der Waals surface area contributed by atoms with Gasteiger partial charge in [0.2, 0.25) is 5.91 Å². The van der Waals surface area contributed by atoms with Crippen molar-refractivity contribution in [1.29, 1.82) is 0 Å². The van der Waals surface area contributed by atoms with E-state index >= 15 is 0 Å². The summed E-state index contributed by atoms with van der Waals surface area (Å²) in [5, 5.41) is 3.58. The summed E-state index contributed by atoms with van der Waals surface area (Å²) in [6.07, 6.45) is 0.394. The van der Waals surface area contributed by atoms with Crippen LogP contribution in [0.3, 0.4) is 0 Å². The number of benzene rings is 3. The number of hydrogen-bond donors (Lipinski definition) is 1. The van der Waals surface area contributed by atoms with Crippen molar-refractivity contribution >= 4 is 39.3 Å². The lowest BCUT2D eigenvalue weighted by molar-refractivity contribution is -0.142. The topological polar surface area (TPSA) is 58.6 Å². The van der Waals surface area contributed by atoms with Gasteiger partial charge in [-0.15, -0.1) is 0 Å². The van der Waals surface area contributed by atoms with Crippen LogP contribution in [0.2, 0.25) is 5.02 Å². The molecule has 5 nitrogen and oxygen atoms in total. The van der Waals surface area contributed by atoms with Crippen molar-refractivity contribution in [2.45, 2.75) is 39.8 Å². The summed E-state index contributed by atoms with van der Waals surface area (Å²) in [5.41, 5.74) is 3.64. The third kappa shape index (κ3) is 7.58. The third-order valence-electron chi connectivity index (χ3n) is 5.64. The van der Waals surface area contributed by atoms with E-state index in [1.165, 1.54) is 0 Å². The number of hydrogen-bond acceptors (Lipinski definition) is 3. The number of amides is 2. The van der Waals surface area contributed by atoms with Crippen LogP contribution in [0.4, 0.5) is 0 Å². The van der Waals surface area contributed by atoms with Gasteiger partial charge in [0, 0.05) is 29.0 Å². The molecule has 0 aliphatic heterocycles. The van der Waals surface area contributed by atoms with E-state index < -0.39 is 6.04 Å². The first kappa shape index (κ1) is 26.8. The second-order valence-electron chi connectivity index (χ2n) is 8.41. The first-order valence-electron chi connectivity index (χ1n) is 11.5. The van der Waals surface area contributed by atoms with Gasteiger partial charge in [0.15, 0.2) is 6.61 Å². The molecule has 1 atom stereocenters. The summed E-state index contributed by atoms with van der Waals surface area (Å²) >= 11 is 9.77. The molecule has 0 spiro atoms. The molecule has 1 N–H and O–H groups in total. The van der Waals surface area contributed by atoms with Crippen molar-refractivity contribution in [1.82, 2.24) is 10.2 Å². The highest BCUT2D eigenvalue weighted by atomic mass is 79.9. The van der Waals surface area contributed by atoms with Crippen LogP contribution in [0.15, 0.2) is 71.2 Å². The smallest absolute Gasteiger partial charge is 0.261 e. The van der Waals surface area contributed by atoms with E-state index in [0.29, 0.717) is 23.7 Å². The maximum atomic E-state index is 13.6. The minimum absolute atomic E-state index is 0.195. The number of likely N-dealkylation sites (N-methyl/N-ethyl adjacent to an activating group) is 1. The number of halogens is 2. The molecule has 7 heteroatoms. The molecule has 0 heterocycles. The Hall–Kier alpha value is -2.83. The highest BCUT2D eigenvalue weighted by Gasteiger charge is 2.30. The first-order chi connectivity index (χ1) is 16.8. The number of aryl methyl sites for hydroxylation is 2. The average molecular weight is 558 g/mol.